The maximum Gasteiger partial charge on any atom is 0.0213 e. The third-order valence-corrected chi connectivity index (χ3v) is 4.49. The first-order valence-corrected chi connectivity index (χ1v) is 10.1. The minimum absolute atomic E-state index is 0.620. The summed E-state index contributed by atoms with van der Waals surface area (Å²) in [5, 5.41) is 0. The van der Waals surface area contributed by atoms with Gasteiger partial charge in [0, 0.05) is 6.54 Å². The number of unbranched alkanes of at least 4 members (excludes halogenated alkanes) is 12. The van der Waals surface area contributed by atoms with Gasteiger partial charge in [-0.25, -0.2) is 0 Å². The summed E-state index contributed by atoms with van der Waals surface area (Å²) in [7, 11) is 0. The lowest BCUT2D eigenvalue weighted by molar-refractivity contribution is 0.594. The summed E-state index contributed by atoms with van der Waals surface area (Å²) in [6, 6.07) is 0. The summed E-state index contributed by atoms with van der Waals surface area (Å²) in [6.07, 6.45) is 24.9. The smallest absolute Gasteiger partial charge is 0.0213 e. The van der Waals surface area contributed by atoms with Crippen molar-refractivity contribution in [1.82, 2.24) is 0 Å². The Balaban J connectivity index is 3.18. The maximum atomic E-state index is 5.60. The molecule has 0 aromatic heterocycles. The first-order valence-electron chi connectivity index (χ1n) is 10.1. The van der Waals surface area contributed by atoms with E-state index in [1.807, 2.05) is 0 Å². The van der Waals surface area contributed by atoms with Gasteiger partial charge >= 0.3 is 0 Å². The predicted octanol–water partition coefficient (Wildman–Crippen LogP) is 7.08. The molecule has 0 aromatic carbocycles. The van der Waals surface area contributed by atoms with E-state index >= 15 is 0 Å². The van der Waals surface area contributed by atoms with Crippen LogP contribution in [0.15, 0.2) is 30.0 Å². The fraction of sp³-hybridized carbons (Fsp3) is 0.773. The van der Waals surface area contributed by atoms with Crippen molar-refractivity contribution in [3.05, 3.63) is 30.0 Å². The molecule has 0 spiro atoms. The van der Waals surface area contributed by atoms with E-state index in [4.69, 9.17) is 5.73 Å². The molecule has 0 heterocycles. The molecule has 0 aliphatic heterocycles. The summed E-state index contributed by atoms with van der Waals surface area (Å²) in [4.78, 5) is 0. The lowest BCUT2D eigenvalue weighted by atomic mass is 10.0. The van der Waals surface area contributed by atoms with E-state index in [9.17, 15) is 0 Å². The van der Waals surface area contributed by atoms with Crippen LogP contribution >= 0.6 is 0 Å². The molecule has 0 rings (SSSR count). The molecule has 0 saturated carbocycles. The quantitative estimate of drug-likeness (QED) is 0.173. The average Bonchev–Trinajstić information content (AvgIpc) is 2.58. The number of hydrogen-bond donors (Lipinski definition) is 1. The van der Waals surface area contributed by atoms with E-state index in [2.05, 4.69) is 31.4 Å². The topological polar surface area (TPSA) is 26.0 Å². The highest BCUT2D eigenvalue weighted by molar-refractivity contribution is 4.99. The third kappa shape index (κ3) is 17.4. The molecule has 0 radical (unpaired) electrons. The second-order valence-corrected chi connectivity index (χ2v) is 6.67. The predicted molar refractivity (Wildman–Crippen MR) is 106 cm³/mol. The van der Waals surface area contributed by atoms with Crippen LogP contribution in [0.25, 0.3) is 0 Å². The van der Waals surface area contributed by atoms with Crippen LogP contribution in [-0.4, -0.2) is 6.54 Å². The first kappa shape index (κ1) is 22.2. The van der Waals surface area contributed by atoms with Crippen molar-refractivity contribution in [3.8, 4) is 0 Å². The minimum atomic E-state index is 0.620. The van der Waals surface area contributed by atoms with Crippen molar-refractivity contribution in [2.75, 3.05) is 6.54 Å². The van der Waals surface area contributed by atoms with Crippen molar-refractivity contribution in [2.45, 2.75) is 103 Å². The highest BCUT2D eigenvalue weighted by Crippen LogP contribution is 2.12. The largest absolute Gasteiger partial charge is 0.326 e. The molecular weight excluding hydrogens is 278 g/mol. The van der Waals surface area contributed by atoms with Gasteiger partial charge < -0.3 is 5.73 Å². The van der Waals surface area contributed by atoms with E-state index in [1.54, 1.807) is 0 Å². The van der Waals surface area contributed by atoms with Gasteiger partial charge in [-0.05, 0) is 44.1 Å². The van der Waals surface area contributed by atoms with E-state index < -0.39 is 0 Å². The molecular formula is C22H41N. The van der Waals surface area contributed by atoms with Gasteiger partial charge in [0.25, 0.3) is 0 Å². The summed E-state index contributed by atoms with van der Waals surface area (Å²) in [5.41, 5.74) is 9.72. The van der Waals surface area contributed by atoms with E-state index in [0.717, 1.165) is 6.42 Å². The lowest BCUT2D eigenvalue weighted by Crippen LogP contribution is -2.01. The highest BCUT2D eigenvalue weighted by atomic mass is 14.5. The molecule has 0 unspecified atom stereocenters. The van der Waals surface area contributed by atoms with Crippen LogP contribution in [0.5, 0.6) is 0 Å². The molecule has 0 aliphatic carbocycles. The Hall–Kier alpha value is -0.780. The van der Waals surface area contributed by atoms with E-state index in [0.29, 0.717) is 6.54 Å². The summed E-state index contributed by atoms with van der Waals surface area (Å²) in [5.74, 6) is 0. The van der Waals surface area contributed by atoms with Crippen molar-refractivity contribution in [2.24, 2.45) is 5.73 Å². The van der Waals surface area contributed by atoms with Gasteiger partial charge in [-0.2, -0.15) is 0 Å². The highest BCUT2D eigenvalue weighted by Gasteiger charge is 1.94. The second-order valence-electron chi connectivity index (χ2n) is 6.67. The third-order valence-electron chi connectivity index (χ3n) is 4.49. The van der Waals surface area contributed by atoms with Crippen LogP contribution in [0.3, 0.4) is 0 Å². The molecule has 0 bridgehead atoms. The summed E-state index contributed by atoms with van der Waals surface area (Å²) in [6.45, 7) is 6.57. The van der Waals surface area contributed by atoms with Gasteiger partial charge in [0.05, 0.1) is 0 Å². The second kappa shape index (κ2) is 19.3. The van der Waals surface area contributed by atoms with Gasteiger partial charge in [-0.1, -0.05) is 83.4 Å². The van der Waals surface area contributed by atoms with Crippen LogP contribution in [0, 0.1) is 0 Å². The van der Waals surface area contributed by atoms with Gasteiger partial charge in [0.2, 0.25) is 0 Å². The van der Waals surface area contributed by atoms with Crippen molar-refractivity contribution in [1.29, 1.82) is 0 Å². The monoisotopic (exact) mass is 319 g/mol. The van der Waals surface area contributed by atoms with Crippen LogP contribution < -0.4 is 5.73 Å². The first-order chi connectivity index (χ1) is 11.3. The normalized spacial score (nSPS) is 11.0. The van der Waals surface area contributed by atoms with Gasteiger partial charge in [-0.15, -0.1) is 5.73 Å². The Labute approximate surface area is 146 Å². The molecule has 0 fully saturated rings. The van der Waals surface area contributed by atoms with Crippen LogP contribution in [-0.2, 0) is 0 Å². The number of allylic oxidation sites excluding steroid dienone is 2. The molecule has 0 atom stereocenters. The fourth-order valence-corrected chi connectivity index (χ4v) is 2.85. The van der Waals surface area contributed by atoms with E-state index in [-0.39, 0.29) is 0 Å². The molecule has 2 N–H and O–H groups in total. The van der Waals surface area contributed by atoms with Crippen molar-refractivity contribution >= 4 is 0 Å². The SMILES string of the molecule is C=C=C(CN)CCCCCCCC/C=C/CCCCCCCC. The van der Waals surface area contributed by atoms with Crippen molar-refractivity contribution in [3.63, 3.8) is 0 Å². The van der Waals surface area contributed by atoms with E-state index in [1.165, 1.54) is 95.5 Å². The molecule has 23 heavy (non-hydrogen) atoms. The summed E-state index contributed by atoms with van der Waals surface area (Å²) < 4.78 is 0. The van der Waals surface area contributed by atoms with Gasteiger partial charge in [0.1, 0.15) is 0 Å². The molecule has 0 aliphatic rings. The molecule has 0 saturated heterocycles. The zero-order chi connectivity index (χ0) is 17.0. The van der Waals surface area contributed by atoms with Crippen LogP contribution in [0.2, 0.25) is 0 Å². The Morgan fingerprint density at radius 2 is 1.26 bits per heavy atom. The number of rotatable bonds is 17. The van der Waals surface area contributed by atoms with Crippen molar-refractivity contribution < 1.29 is 0 Å². The van der Waals surface area contributed by atoms with Crippen LogP contribution in [0.1, 0.15) is 103 Å². The Morgan fingerprint density at radius 3 is 1.74 bits per heavy atom. The molecule has 1 nitrogen and oxygen atoms in total. The summed E-state index contributed by atoms with van der Waals surface area (Å²) >= 11 is 0. The van der Waals surface area contributed by atoms with Crippen LogP contribution in [0.4, 0.5) is 0 Å². The zero-order valence-corrected chi connectivity index (χ0v) is 15.8. The standard InChI is InChI=1S/C22H41N/c1-3-5-6-7-8-9-10-11-12-13-14-15-16-17-18-19-20-22(4-2)21-23/h11-12H,2-3,5-10,13-21,23H2,1H3/b12-11+. The fourth-order valence-electron chi connectivity index (χ4n) is 2.85. The Bertz CT molecular complexity index is 310. The molecule has 0 amide bonds. The van der Waals surface area contributed by atoms with Gasteiger partial charge in [-0.3, -0.25) is 0 Å². The molecule has 1 heteroatoms. The minimum Gasteiger partial charge on any atom is -0.326 e. The van der Waals surface area contributed by atoms with Gasteiger partial charge in [0.15, 0.2) is 0 Å². The lowest BCUT2D eigenvalue weighted by Gasteiger charge is -2.02. The Kier molecular flexibility index (Phi) is 18.6. The average molecular weight is 320 g/mol. The Morgan fingerprint density at radius 1 is 0.783 bits per heavy atom. The maximum absolute atomic E-state index is 5.60. The molecule has 134 valence electrons. The number of nitrogens with two attached hydrogens (primary N) is 1. The molecule has 0 aromatic rings. The number of hydrogen-bond acceptors (Lipinski definition) is 1. The zero-order valence-electron chi connectivity index (χ0n) is 15.8.